The van der Waals surface area contributed by atoms with Crippen LogP contribution < -0.4 is 0 Å². The molecule has 1 saturated heterocycles. The highest BCUT2D eigenvalue weighted by atomic mass is 16.6. The minimum absolute atomic E-state index is 0.0641. The molecular weight excluding hydrogens is 244 g/mol. The molecule has 7 atom stereocenters. The first-order chi connectivity index (χ1) is 8.87. The predicted molar refractivity (Wildman–Crippen MR) is 69.1 cm³/mol. The molecule has 2 fully saturated rings. The lowest BCUT2D eigenvalue weighted by Gasteiger charge is -2.54. The van der Waals surface area contributed by atoms with E-state index in [2.05, 4.69) is 0 Å². The van der Waals surface area contributed by atoms with Gasteiger partial charge in [0.25, 0.3) is 0 Å². The van der Waals surface area contributed by atoms with Gasteiger partial charge in [0.05, 0.1) is 18.1 Å². The minimum Gasteiger partial charge on any atom is -0.461 e. The van der Waals surface area contributed by atoms with Gasteiger partial charge in [0.2, 0.25) is 0 Å². The van der Waals surface area contributed by atoms with Crippen molar-refractivity contribution in [3.63, 3.8) is 0 Å². The Kier molecular flexibility index (Phi) is 2.81. The van der Waals surface area contributed by atoms with Crippen molar-refractivity contribution < 1.29 is 19.7 Å². The van der Waals surface area contributed by atoms with E-state index in [-0.39, 0.29) is 29.8 Å². The van der Waals surface area contributed by atoms with Gasteiger partial charge >= 0.3 is 5.97 Å². The number of esters is 1. The molecule has 2 N–H and O–H groups in total. The van der Waals surface area contributed by atoms with Gasteiger partial charge < -0.3 is 14.9 Å². The normalized spacial score (nSPS) is 53.1. The Morgan fingerprint density at radius 3 is 2.74 bits per heavy atom. The second-order valence-corrected chi connectivity index (χ2v) is 6.65. The largest absolute Gasteiger partial charge is 0.461 e. The summed E-state index contributed by atoms with van der Waals surface area (Å²) in [6.07, 6.45) is 1.76. The van der Waals surface area contributed by atoms with Crippen LogP contribution in [0.5, 0.6) is 0 Å². The fourth-order valence-corrected chi connectivity index (χ4v) is 4.37. The standard InChI is InChI=1S/C15H22O4/c1-7-4-5-10(16)15(3)11(17)6-9-8(2)14(18)19-13(9)12(7)15/h4,8-13,16-17H,5-6H2,1-3H3/t8-,9-,10+,11+,12+,13-,15+/m0/s1. The van der Waals surface area contributed by atoms with Crippen molar-refractivity contribution in [2.45, 2.75) is 51.9 Å². The lowest BCUT2D eigenvalue weighted by Crippen LogP contribution is -2.59. The van der Waals surface area contributed by atoms with Crippen LogP contribution in [0, 0.1) is 23.2 Å². The van der Waals surface area contributed by atoms with Crippen LogP contribution in [-0.2, 0) is 9.53 Å². The summed E-state index contributed by atoms with van der Waals surface area (Å²) < 4.78 is 5.58. The van der Waals surface area contributed by atoms with E-state index < -0.39 is 17.6 Å². The van der Waals surface area contributed by atoms with Crippen molar-refractivity contribution in [1.29, 1.82) is 0 Å². The maximum absolute atomic E-state index is 11.8. The Morgan fingerprint density at radius 1 is 1.37 bits per heavy atom. The van der Waals surface area contributed by atoms with Crippen molar-refractivity contribution in [2.24, 2.45) is 23.2 Å². The molecule has 0 spiro atoms. The van der Waals surface area contributed by atoms with E-state index in [1.165, 1.54) is 0 Å². The van der Waals surface area contributed by atoms with Gasteiger partial charge in [-0.1, -0.05) is 25.5 Å². The summed E-state index contributed by atoms with van der Waals surface area (Å²) in [5.41, 5.74) is 0.521. The fraction of sp³-hybridized carbons (Fsp3) is 0.800. The number of aliphatic hydroxyl groups is 2. The molecule has 106 valence electrons. The van der Waals surface area contributed by atoms with Crippen molar-refractivity contribution in [3.05, 3.63) is 11.6 Å². The zero-order chi connectivity index (χ0) is 13.9. The molecule has 0 amide bonds. The molecule has 19 heavy (non-hydrogen) atoms. The van der Waals surface area contributed by atoms with Crippen LogP contribution in [0.15, 0.2) is 11.6 Å². The molecule has 0 unspecified atom stereocenters. The first-order valence-corrected chi connectivity index (χ1v) is 7.10. The third kappa shape index (κ3) is 1.56. The van der Waals surface area contributed by atoms with Gasteiger partial charge in [-0.05, 0) is 19.8 Å². The summed E-state index contributed by atoms with van der Waals surface area (Å²) in [7, 11) is 0. The monoisotopic (exact) mass is 266 g/mol. The van der Waals surface area contributed by atoms with E-state index in [1.807, 2.05) is 26.8 Å². The van der Waals surface area contributed by atoms with Crippen molar-refractivity contribution in [1.82, 2.24) is 0 Å². The van der Waals surface area contributed by atoms with E-state index in [0.29, 0.717) is 12.8 Å². The molecule has 0 radical (unpaired) electrons. The molecule has 0 aromatic heterocycles. The van der Waals surface area contributed by atoms with Crippen LogP contribution in [0.4, 0.5) is 0 Å². The van der Waals surface area contributed by atoms with Crippen molar-refractivity contribution in [2.75, 3.05) is 0 Å². The van der Waals surface area contributed by atoms with Gasteiger partial charge in [-0.2, -0.15) is 0 Å². The Balaban J connectivity index is 2.06. The number of carbonyl (C=O) groups excluding carboxylic acids is 1. The molecule has 4 nitrogen and oxygen atoms in total. The number of hydrogen-bond acceptors (Lipinski definition) is 4. The Labute approximate surface area is 113 Å². The quantitative estimate of drug-likeness (QED) is 0.512. The molecule has 1 heterocycles. The van der Waals surface area contributed by atoms with Crippen molar-refractivity contribution >= 4 is 5.97 Å². The number of carbonyl (C=O) groups is 1. The molecular formula is C15H22O4. The smallest absolute Gasteiger partial charge is 0.309 e. The van der Waals surface area contributed by atoms with Gasteiger partial charge in [-0.3, -0.25) is 4.79 Å². The minimum atomic E-state index is -0.607. The second-order valence-electron chi connectivity index (χ2n) is 6.65. The number of fused-ring (bicyclic) bond motifs is 3. The average molecular weight is 266 g/mol. The summed E-state index contributed by atoms with van der Waals surface area (Å²) in [5.74, 6) is -0.330. The summed E-state index contributed by atoms with van der Waals surface area (Å²) in [4.78, 5) is 11.8. The van der Waals surface area contributed by atoms with Gasteiger partial charge in [-0.25, -0.2) is 0 Å². The van der Waals surface area contributed by atoms with Crippen LogP contribution in [-0.4, -0.2) is 34.5 Å². The predicted octanol–water partition coefficient (Wildman–Crippen LogP) is 1.26. The topological polar surface area (TPSA) is 66.8 Å². The van der Waals surface area contributed by atoms with Crippen LogP contribution in [0.3, 0.4) is 0 Å². The second kappa shape index (κ2) is 4.06. The number of rotatable bonds is 0. The highest BCUT2D eigenvalue weighted by molar-refractivity contribution is 5.75. The van der Waals surface area contributed by atoms with Crippen LogP contribution >= 0.6 is 0 Å². The first kappa shape index (κ1) is 13.1. The average Bonchev–Trinajstić information content (AvgIpc) is 2.62. The fourth-order valence-electron chi connectivity index (χ4n) is 4.37. The highest BCUT2D eigenvalue weighted by Gasteiger charge is 2.61. The summed E-state index contributed by atoms with van der Waals surface area (Å²) >= 11 is 0. The van der Waals surface area contributed by atoms with Crippen LogP contribution in [0.2, 0.25) is 0 Å². The van der Waals surface area contributed by atoms with E-state index in [9.17, 15) is 15.0 Å². The van der Waals surface area contributed by atoms with Gasteiger partial charge in [0, 0.05) is 17.3 Å². The van der Waals surface area contributed by atoms with E-state index in [1.54, 1.807) is 0 Å². The van der Waals surface area contributed by atoms with E-state index in [0.717, 1.165) is 5.57 Å². The summed E-state index contributed by atoms with van der Waals surface area (Å²) in [5, 5.41) is 20.9. The SMILES string of the molecule is CC1=CC[C@@H](O)[C@]2(C)[C@H](O)C[C@@H]3[C@H](OC(=O)[C@H]3C)[C@@H]12. The number of ether oxygens (including phenoxy) is 1. The molecule has 3 aliphatic rings. The molecule has 0 aromatic carbocycles. The number of aliphatic hydroxyl groups excluding tert-OH is 2. The zero-order valence-electron chi connectivity index (χ0n) is 11.7. The van der Waals surface area contributed by atoms with Crippen LogP contribution in [0.25, 0.3) is 0 Å². The first-order valence-electron chi connectivity index (χ1n) is 7.10. The highest BCUT2D eigenvalue weighted by Crippen LogP contribution is 2.56. The zero-order valence-corrected chi connectivity index (χ0v) is 11.7. The van der Waals surface area contributed by atoms with Gasteiger partial charge in [0.1, 0.15) is 6.10 Å². The number of hydrogen-bond donors (Lipinski definition) is 2. The van der Waals surface area contributed by atoms with Crippen LogP contribution in [0.1, 0.15) is 33.6 Å². The lowest BCUT2D eigenvalue weighted by molar-refractivity contribution is -0.170. The van der Waals surface area contributed by atoms with Gasteiger partial charge in [0.15, 0.2) is 0 Å². The van der Waals surface area contributed by atoms with Crippen molar-refractivity contribution in [3.8, 4) is 0 Å². The molecule has 1 aliphatic heterocycles. The molecule has 3 rings (SSSR count). The Hall–Kier alpha value is -0.870. The molecule has 0 bridgehead atoms. The summed E-state index contributed by atoms with van der Waals surface area (Å²) in [6, 6.07) is 0. The molecule has 0 aromatic rings. The molecule has 4 heteroatoms. The maximum Gasteiger partial charge on any atom is 0.309 e. The molecule has 2 aliphatic carbocycles. The Bertz CT molecular complexity index is 443. The Morgan fingerprint density at radius 2 is 2.05 bits per heavy atom. The van der Waals surface area contributed by atoms with E-state index >= 15 is 0 Å². The lowest BCUT2D eigenvalue weighted by atomic mass is 9.53. The third-order valence-corrected chi connectivity index (χ3v) is 5.77. The third-order valence-electron chi connectivity index (χ3n) is 5.77. The summed E-state index contributed by atoms with van der Waals surface area (Å²) in [6.45, 7) is 5.82. The van der Waals surface area contributed by atoms with Gasteiger partial charge in [-0.15, -0.1) is 0 Å². The molecule has 1 saturated carbocycles. The maximum atomic E-state index is 11.8. The van der Waals surface area contributed by atoms with E-state index in [4.69, 9.17) is 4.74 Å².